The molecule has 7 nitrogen and oxygen atoms in total. The van der Waals surface area contributed by atoms with E-state index in [0.29, 0.717) is 5.69 Å². The number of hydrogen-bond acceptors (Lipinski definition) is 4. The molecular formula is C16H16N2O5. The third-order valence-electron chi connectivity index (χ3n) is 3.27. The zero-order valence-electron chi connectivity index (χ0n) is 12.7. The van der Waals surface area contributed by atoms with Gasteiger partial charge < -0.3 is 15.3 Å². The van der Waals surface area contributed by atoms with Crippen molar-refractivity contribution >= 4 is 17.6 Å². The first-order valence-corrected chi connectivity index (χ1v) is 6.84. The van der Waals surface area contributed by atoms with Gasteiger partial charge in [0.15, 0.2) is 6.61 Å². The van der Waals surface area contributed by atoms with Crippen LogP contribution in [0.4, 0.5) is 5.69 Å². The lowest BCUT2D eigenvalue weighted by Gasteiger charge is -2.10. The number of aromatic nitrogens is 1. The number of carboxylic acids is 1. The molecule has 0 bridgehead atoms. The summed E-state index contributed by atoms with van der Waals surface area (Å²) >= 11 is 0. The van der Waals surface area contributed by atoms with E-state index in [4.69, 9.17) is 9.94 Å². The first-order valence-electron chi connectivity index (χ1n) is 6.84. The fraction of sp³-hybridized carbons (Fsp3) is 0.188. The Bertz CT molecular complexity index is 810. The molecule has 0 fully saturated rings. The maximum atomic E-state index is 11.8. The van der Waals surface area contributed by atoms with E-state index in [0.717, 1.165) is 15.9 Å². The van der Waals surface area contributed by atoms with Crippen molar-refractivity contribution in [1.82, 2.24) is 4.73 Å². The summed E-state index contributed by atoms with van der Waals surface area (Å²) < 4.78 is 0.726. The standard InChI is InChI=1S/C16H16N2O5/c1-10-5-6-12(8-11(10)2)17-14(19)9-23-18-7-3-4-13(15(18)20)16(21)22/h3-8H,9H2,1-2H3,(H,17,19)(H,21,22). The average Bonchev–Trinajstić information content (AvgIpc) is 2.49. The molecule has 23 heavy (non-hydrogen) atoms. The Morgan fingerprint density at radius 2 is 1.96 bits per heavy atom. The number of aromatic carboxylic acids is 1. The summed E-state index contributed by atoms with van der Waals surface area (Å²) in [5.74, 6) is -1.81. The Labute approximate surface area is 132 Å². The molecule has 7 heteroatoms. The van der Waals surface area contributed by atoms with Crippen molar-refractivity contribution in [3.63, 3.8) is 0 Å². The Morgan fingerprint density at radius 3 is 2.61 bits per heavy atom. The predicted octanol–water partition coefficient (Wildman–Crippen LogP) is 1.23. The lowest BCUT2D eigenvalue weighted by molar-refractivity contribution is -0.120. The third kappa shape index (κ3) is 3.97. The van der Waals surface area contributed by atoms with Gasteiger partial charge >= 0.3 is 5.97 Å². The molecule has 0 aliphatic heterocycles. The molecule has 2 aromatic rings. The third-order valence-corrected chi connectivity index (χ3v) is 3.27. The highest BCUT2D eigenvalue weighted by atomic mass is 16.7. The second-order valence-electron chi connectivity index (χ2n) is 4.98. The number of carbonyl (C=O) groups is 2. The van der Waals surface area contributed by atoms with Gasteiger partial charge in [0, 0.05) is 11.9 Å². The lowest BCUT2D eigenvalue weighted by atomic mass is 10.1. The van der Waals surface area contributed by atoms with E-state index < -0.39 is 29.6 Å². The highest BCUT2D eigenvalue weighted by molar-refractivity contribution is 5.91. The number of aryl methyl sites for hydroxylation is 2. The van der Waals surface area contributed by atoms with Crippen LogP contribution in [0.3, 0.4) is 0 Å². The molecule has 2 N–H and O–H groups in total. The molecule has 0 atom stereocenters. The molecular weight excluding hydrogens is 300 g/mol. The smallest absolute Gasteiger partial charge is 0.341 e. The Balaban J connectivity index is 2.02. The number of amides is 1. The van der Waals surface area contributed by atoms with Gasteiger partial charge in [-0.3, -0.25) is 9.59 Å². The highest BCUT2D eigenvalue weighted by Gasteiger charge is 2.12. The van der Waals surface area contributed by atoms with Crippen LogP contribution in [0, 0.1) is 13.8 Å². The number of nitrogens with one attached hydrogen (secondary N) is 1. The number of nitrogens with zero attached hydrogens (tertiary/aromatic N) is 1. The van der Waals surface area contributed by atoms with Crippen molar-refractivity contribution in [3.8, 4) is 0 Å². The maximum Gasteiger partial charge on any atom is 0.341 e. The quantitative estimate of drug-likeness (QED) is 0.864. The summed E-state index contributed by atoms with van der Waals surface area (Å²) in [4.78, 5) is 39.5. The number of benzene rings is 1. The maximum absolute atomic E-state index is 11.8. The fourth-order valence-electron chi connectivity index (χ4n) is 1.88. The van der Waals surface area contributed by atoms with Gasteiger partial charge in [-0.1, -0.05) is 6.07 Å². The van der Waals surface area contributed by atoms with E-state index in [1.165, 1.54) is 18.3 Å². The minimum atomic E-state index is -1.35. The van der Waals surface area contributed by atoms with Crippen molar-refractivity contribution in [2.45, 2.75) is 13.8 Å². The van der Waals surface area contributed by atoms with Crippen LogP contribution in [-0.4, -0.2) is 28.3 Å². The molecule has 0 radical (unpaired) electrons. The van der Waals surface area contributed by atoms with Crippen molar-refractivity contribution in [3.05, 3.63) is 63.6 Å². The van der Waals surface area contributed by atoms with Crippen molar-refractivity contribution in [2.24, 2.45) is 0 Å². The summed E-state index contributed by atoms with van der Waals surface area (Å²) in [5.41, 5.74) is 1.50. The Morgan fingerprint density at radius 1 is 1.22 bits per heavy atom. The number of rotatable bonds is 5. The summed E-state index contributed by atoms with van der Waals surface area (Å²) in [6.07, 6.45) is 1.25. The summed E-state index contributed by atoms with van der Waals surface area (Å²) in [7, 11) is 0. The van der Waals surface area contributed by atoms with Crippen LogP contribution in [-0.2, 0) is 4.79 Å². The highest BCUT2D eigenvalue weighted by Crippen LogP contribution is 2.13. The van der Waals surface area contributed by atoms with Gasteiger partial charge in [-0.15, -0.1) is 0 Å². The average molecular weight is 316 g/mol. The SMILES string of the molecule is Cc1ccc(NC(=O)COn2cccc(C(=O)O)c2=O)cc1C. The number of carboxylic acid groups (broad SMARTS) is 1. The van der Waals surface area contributed by atoms with Gasteiger partial charge in [0.25, 0.3) is 11.5 Å². The number of pyridine rings is 1. The predicted molar refractivity (Wildman–Crippen MR) is 83.7 cm³/mol. The molecule has 0 spiro atoms. The van der Waals surface area contributed by atoms with Crippen LogP contribution < -0.4 is 15.7 Å². The zero-order chi connectivity index (χ0) is 17.0. The van der Waals surface area contributed by atoms with Gasteiger partial charge in [-0.05, 0) is 49.2 Å². The lowest BCUT2D eigenvalue weighted by Crippen LogP contribution is -2.34. The van der Waals surface area contributed by atoms with E-state index in [2.05, 4.69) is 5.32 Å². The molecule has 0 unspecified atom stereocenters. The molecule has 1 aromatic heterocycles. The molecule has 120 valence electrons. The van der Waals surface area contributed by atoms with Gasteiger partial charge in [-0.25, -0.2) is 4.79 Å². The normalized spacial score (nSPS) is 10.2. The van der Waals surface area contributed by atoms with Crippen LogP contribution in [0.2, 0.25) is 0 Å². The van der Waals surface area contributed by atoms with Crippen LogP contribution in [0.5, 0.6) is 0 Å². The van der Waals surface area contributed by atoms with E-state index in [1.54, 1.807) is 6.07 Å². The van der Waals surface area contributed by atoms with Crippen LogP contribution in [0.25, 0.3) is 0 Å². The van der Waals surface area contributed by atoms with Gasteiger partial charge in [0.05, 0.1) is 0 Å². The van der Waals surface area contributed by atoms with Crippen molar-refractivity contribution in [1.29, 1.82) is 0 Å². The Kier molecular flexibility index (Phi) is 4.80. The number of hydrogen-bond donors (Lipinski definition) is 2. The largest absolute Gasteiger partial charge is 0.477 e. The van der Waals surface area contributed by atoms with Crippen molar-refractivity contribution < 1.29 is 19.5 Å². The fourth-order valence-corrected chi connectivity index (χ4v) is 1.88. The van der Waals surface area contributed by atoms with E-state index in [1.807, 2.05) is 26.0 Å². The van der Waals surface area contributed by atoms with Crippen LogP contribution in [0.15, 0.2) is 41.3 Å². The van der Waals surface area contributed by atoms with E-state index >= 15 is 0 Å². The molecule has 0 saturated heterocycles. The molecule has 2 rings (SSSR count). The molecule has 0 aliphatic carbocycles. The topological polar surface area (TPSA) is 97.6 Å². The monoisotopic (exact) mass is 316 g/mol. The Hall–Kier alpha value is -3.09. The summed E-state index contributed by atoms with van der Waals surface area (Å²) in [5, 5.41) is 11.5. The molecule has 1 heterocycles. The number of anilines is 1. The summed E-state index contributed by atoms with van der Waals surface area (Å²) in [6, 6.07) is 7.99. The molecule has 1 amide bonds. The van der Waals surface area contributed by atoms with Crippen molar-refractivity contribution in [2.75, 3.05) is 11.9 Å². The second kappa shape index (κ2) is 6.78. The van der Waals surface area contributed by atoms with Gasteiger partial charge in [-0.2, -0.15) is 4.73 Å². The van der Waals surface area contributed by atoms with E-state index in [-0.39, 0.29) is 0 Å². The number of carbonyl (C=O) groups excluding carboxylic acids is 1. The van der Waals surface area contributed by atoms with Gasteiger partial charge in [0.2, 0.25) is 0 Å². The first-order chi connectivity index (χ1) is 10.9. The zero-order valence-corrected chi connectivity index (χ0v) is 12.7. The first kappa shape index (κ1) is 16.3. The van der Waals surface area contributed by atoms with Gasteiger partial charge in [0.1, 0.15) is 5.56 Å². The van der Waals surface area contributed by atoms with Crippen LogP contribution >= 0.6 is 0 Å². The second-order valence-corrected chi connectivity index (χ2v) is 4.98. The van der Waals surface area contributed by atoms with E-state index in [9.17, 15) is 14.4 Å². The van der Waals surface area contributed by atoms with Crippen LogP contribution in [0.1, 0.15) is 21.5 Å². The minimum Gasteiger partial charge on any atom is -0.477 e. The summed E-state index contributed by atoms with van der Waals surface area (Å²) in [6.45, 7) is 3.47. The molecule has 0 saturated carbocycles. The minimum absolute atomic E-state index is 0.421. The molecule has 1 aromatic carbocycles. The molecule has 0 aliphatic rings.